The van der Waals surface area contributed by atoms with Gasteiger partial charge in [-0.05, 0) is 37.8 Å². The Kier molecular flexibility index (Phi) is 6.57. The molecule has 6 nitrogen and oxygen atoms in total. The maximum atomic E-state index is 12.3. The maximum Gasteiger partial charge on any atom is 0.253 e. The zero-order chi connectivity index (χ0) is 18.4. The first-order chi connectivity index (χ1) is 12.7. The number of rotatable bonds is 7. The molecule has 0 aromatic carbocycles. The van der Waals surface area contributed by atoms with E-state index in [1.165, 1.54) is 6.42 Å². The smallest absolute Gasteiger partial charge is 0.253 e. The van der Waals surface area contributed by atoms with Gasteiger partial charge in [0.05, 0.1) is 23.9 Å². The molecular formula is C19H26N4O2S. The number of anilines is 1. The predicted octanol–water partition coefficient (Wildman–Crippen LogP) is 3.04. The van der Waals surface area contributed by atoms with Gasteiger partial charge < -0.3 is 15.0 Å². The van der Waals surface area contributed by atoms with E-state index in [-0.39, 0.29) is 12.0 Å². The molecule has 1 saturated heterocycles. The highest BCUT2D eigenvalue weighted by Crippen LogP contribution is 2.17. The van der Waals surface area contributed by atoms with Gasteiger partial charge in [0.1, 0.15) is 10.8 Å². The molecular weight excluding hydrogens is 348 g/mol. The normalized spacial score (nSPS) is 17.1. The topological polar surface area (TPSA) is 67.4 Å². The lowest BCUT2D eigenvalue weighted by molar-refractivity contribution is 0.0215. The third kappa shape index (κ3) is 5.02. The van der Waals surface area contributed by atoms with Crippen LogP contribution < -0.4 is 10.2 Å². The molecule has 7 heteroatoms. The number of aryl methyl sites for hydroxylation is 1. The van der Waals surface area contributed by atoms with Crippen molar-refractivity contribution in [1.29, 1.82) is 0 Å². The van der Waals surface area contributed by atoms with Gasteiger partial charge in [0, 0.05) is 31.8 Å². The second kappa shape index (κ2) is 9.09. The Labute approximate surface area is 158 Å². The summed E-state index contributed by atoms with van der Waals surface area (Å²) in [6, 6.07) is 3.70. The molecule has 2 aromatic rings. The van der Waals surface area contributed by atoms with E-state index < -0.39 is 0 Å². The number of hydrogen-bond donors (Lipinski definition) is 1. The van der Waals surface area contributed by atoms with Crippen LogP contribution in [0.1, 0.15) is 47.2 Å². The number of ether oxygens (including phenoxy) is 1. The number of hydrogen-bond acceptors (Lipinski definition) is 6. The van der Waals surface area contributed by atoms with Gasteiger partial charge in [0.15, 0.2) is 0 Å². The van der Waals surface area contributed by atoms with Crippen molar-refractivity contribution in [2.75, 3.05) is 25.1 Å². The molecule has 0 saturated carbocycles. The lowest BCUT2D eigenvalue weighted by atomic mass is 10.1. The Morgan fingerprint density at radius 3 is 2.96 bits per heavy atom. The summed E-state index contributed by atoms with van der Waals surface area (Å²) in [5, 5.41) is 5.86. The second-order valence-electron chi connectivity index (χ2n) is 6.54. The van der Waals surface area contributed by atoms with Crippen molar-refractivity contribution in [3.05, 3.63) is 40.0 Å². The standard InChI is InChI=1S/C19H26N4O2S/c1-3-15-13-26-18(22-15)11-21-19(24)14-7-8-17(20-10-14)23(2)12-16-6-4-5-9-25-16/h7-8,10,13,16H,3-6,9,11-12H2,1-2H3,(H,21,24). The van der Waals surface area contributed by atoms with Crippen LogP contribution in [0, 0.1) is 0 Å². The summed E-state index contributed by atoms with van der Waals surface area (Å²) in [4.78, 5) is 23.3. The highest BCUT2D eigenvalue weighted by Gasteiger charge is 2.17. The number of pyridine rings is 1. The average molecular weight is 375 g/mol. The molecule has 0 bridgehead atoms. The fourth-order valence-electron chi connectivity index (χ4n) is 2.95. The zero-order valence-electron chi connectivity index (χ0n) is 15.4. The average Bonchev–Trinajstić information content (AvgIpc) is 3.15. The fourth-order valence-corrected chi connectivity index (χ4v) is 3.76. The number of aromatic nitrogens is 2. The Morgan fingerprint density at radius 2 is 2.31 bits per heavy atom. The van der Waals surface area contributed by atoms with Crippen LogP contribution in [0.5, 0.6) is 0 Å². The van der Waals surface area contributed by atoms with Crippen LogP contribution in [-0.2, 0) is 17.7 Å². The molecule has 140 valence electrons. The summed E-state index contributed by atoms with van der Waals surface area (Å²) >= 11 is 1.57. The van der Waals surface area contributed by atoms with E-state index in [1.807, 2.05) is 24.6 Å². The van der Waals surface area contributed by atoms with E-state index in [4.69, 9.17) is 4.74 Å². The van der Waals surface area contributed by atoms with Gasteiger partial charge in [-0.3, -0.25) is 4.79 Å². The molecule has 1 atom stereocenters. The van der Waals surface area contributed by atoms with Crippen molar-refractivity contribution >= 4 is 23.1 Å². The minimum Gasteiger partial charge on any atom is -0.376 e. The number of nitrogens with one attached hydrogen (secondary N) is 1. The van der Waals surface area contributed by atoms with Crippen molar-refractivity contribution in [2.45, 2.75) is 45.3 Å². The van der Waals surface area contributed by atoms with Crippen LogP contribution in [0.25, 0.3) is 0 Å². The summed E-state index contributed by atoms with van der Waals surface area (Å²) in [5.74, 6) is 0.721. The van der Waals surface area contributed by atoms with Crippen LogP contribution in [0.4, 0.5) is 5.82 Å². The van der Waals surface area contributed by atoms with Crippen LogP contribution in [0.15, 0.2) is 23.7 Å². The number of thiazole rings is 1. The Hall–Kier alpha value is -1.99. The number of amides is 1. The predicted molar refractivity (Wildman–Crippen MR) is 104 cm³/mol. The van der Waals surface area contributed by atoms with Crippen molar-refractivity contribution in [2.24, 2.45) is 0 Å². The molecule has 1 aliphatic rings. The minimum atomic E-state index is -0.129. The third-order valence-electron chi connectivity index (χ3n) is 4.51. The van der Waals surface area contributed by atoms with Crippen molar-refractivity contribution in [3.63, 3.8) is 0 Å². The molecule has 1 fully saturated rings. The van der Waals surface area contributed by atoms with Crippen LogP contribution in [0.2, 0.25) is 0 Å². The lowest BCUT2D eigenvalue weighted by Crippen LogP contribution is -2.33. The van der Waals surface area contributed by atoms with Gasteiger partial charge >= 0.3 is 0 Å². The molecule has 3 rings (SSSR count). The lowest BCUT2D eigenvalue weighted by Gasteiger charge is -2.28. The molecule has 1 aliphatic heterocycles. The van der Waals surface area contributed by atoms with E-state index >= 15 is 0 Å². The second-order valence-corrected chi connectivity index (χ2v) is 7.49. The Balaban J connectivity index is 1.51. The summed E-state index contributed by atoms with van der Waals surface area (Å²) in [5.41, 5.74) is 1.62. The number of nitrogens with zero attached hydrogens (tertiary/aromatic N) is 3. The summed E-state index contributed by atoms with van der Waals surface area (Å²) in [7, 11) is 2.01. The molecule has 1 amide bonds. The quantitative estimate of drug-likeness (QED) is 0.807. The molecule has 2 aromatic heterocycles. The first-order valence-corrected chi connectivity index (χ1v) is 10.0. The van der Waals surface area contributed by atoms with Crippen LogP contribution >= 0.6 is 11.3 Å². The zero-order valence-corrected chi connectivity index (χ0v) is 16.2. The summed E-state index contributed by atoms with van der Waals surface area (Å²) < 4.78 is 5.78. The van der Waals surface area contributed by atoms with E-state index in [0.29, 0.717) is 12.1 Å². The molecule has 0 spiro atoms. The van der Waals surface area contributed by atoms with E-state index in [9.17, 15) is 4.79 Å². The highest BCUT2D eigenvalue weighted by atomic mass is 32.1. The van der Waals surface area contributed by atoms with E-state index in [0.717, 1.165) is 48.9 Å². The van der Waals surface area contributed by atoms with Gasteiger partial charge in [0.25, 0.3) is 5.91 Å². The number of carbonyl (C=O) groups is 1. The highest BCUT2D eigenvalue weighted by molar-refractivity contribution is 7.09. The van der Waals surface area contributed by atoms with Gasteiger partial charge in [-0.2, -0.15) is 0 Å². The first kappa shape index (κ1) is 18.8. The fraction of sp³-hybridized carbons (Fsp3) is 0.526. The number of carbonyl (C=O) groups excluding carboxylic acids is 1. The monoisotopic (exact) mass is 374 g/mol. The van der Waals surface area contributed by atoms with Crippen molar-refractivity contribution in [3.8, 4) is 0 Å². The van der Waals surface area contributed by atoms with Crippen molar-refractivity contribution in [1.82, 2.24) is 15.3 Å². The van der Waals surface area contributed by atoms with Gasteiger partial charge in [-0.1, -0.05) is 6.92 Å². The molecule has 0 aliphatic carbocycles. The molecule has 1 unspecified atom stereocenters. The van der Waals surface area contributed by atoms with Crippen LogP contribution in [-0.4, -0.2) is 42.2 Å². The molecule has 3 heterocycles. The molecule has 0 radical (unpaired) electrons. The molecule has 1 N–H and O–H groups in total. The minimum absolute atomic E-state index is 0.129. The van der Waals surface area contributed by atoms with Gasteiger partial charge in [-0.25, -0.2) is 9.97 Å². The van der Waals surface area contributed by atoms with Gasteiger partial charge in [0.2, 0.25) is 0 Å². The maximum absolute atomic E-state index is 12.3. The Morgan fingerprint density at radius 1 is 1.42 bits per heavy atom. The van der Waals surface area contributed by atoms with Crippen molar-refractivity contribution < 1.29 is 9.53 Å². The SMILES string of the molecule is CCc1csc(CNC(=O)c2ccc(N(C)CC3CCCCO3)nc2)n1. The largest absolute Gasteiger partial charge is 0.376 e. The first-order valence-electron chi connectivity index (χ1n) is 9.16. The third-order valence-corrected chi connectivity index (χ3v) is 5.41. The Bertz CT molecular complexity index is 711. The summed E-state index contributed by atoms with van der Waals surface area (Å²) in [6.07, 6.45) is 6.29. The summed E-state index contributed by atoms with van der Waals surface area (Å²) in [6.45, 7) is 4.19. The van der Waals surface area contributed by atoms with E-state index in [2.05, 4.69) is 27.1 Å². The van der Waals surface area contributed by atoms with Gasteiger partial charge in [-0.15, -0.1) is 11.3 Å². The van der Waals surface area contributed by atoms with Crippen LogP contribution in [0.3, 0.4) is 0 Å². The van der Waals surface area contributed by atoms with E-state index in [1.54, 1.807) is 17.5 Å². The molecule has 26 heavy (non-hydrogen) atoms. The number of likely N-dealkylation sites (N-methyl/N-ethyl adjacent to an activating group) is 1.